The predicted octanol–water partition coefficient (Wildman–Crippen LogP) is 0.493. The lowest BCUT2D eigenvalue weighted by Gasteiger charge is -2.18. The van der Waals surface area contributed by atoms with Gasteiger partial charge in [-0.05, 0) is 35.7 Å². The van der Waals surface area contributed by atoms with Gasteiger partial charge in [-0.2, -0.15) is 14.8 Å². The molecule has 184 valence electrons. The highest BCUT2D eigenvalue weighted by Gasteiger charge is 2.47. The van der Waals surface area contributed by atoms with E-state index < -0.39 is 24.5 Å². The molecule has 13 nitrogen and oxygen atoms in total. The van der Waals surface area contributed by atoms with Crippen molar-refractivity contribution in [1.29, 1.82) is 0 Å². The van der Waals surface area contributed by atoms with Crippen molar-refractivity contribution >= 4 is 28.6 Å². The number of aliphatic hydroxyl groups excluding tert-OH is 3. The summed E-state index contributed by atoms with van der Waals surface area (Å²) in [5.74, 6) is 0.484. The van der Waals surface area contributed by atoms with Gasteiger partial charge in [-0.1, -0.05) is 30.3 Å². The molecule has 0 amide bonds. The minimum Gasteiger partial charge on any atom is -0.394 e. The molecule has 1 aliphatic heterocycles. The monoisotopic (exact) mass is 501 g/mol. The predicted molar refractivity (Wildman–Crippen MR) is 123 cm³/mol. The number of imidazole rings is 1. The van der Waals surface area contributed by atoms with E-state index in [1.165, 1.54) is 15.7 Å². The molecule has 1 aliphatic rings. The van der Waals surface area contributed by atoms with Gasteiger partial charge in [-0.15, -0.1) is 10.2 Å². The number of nitrogens with one attached hydrogen (secondary N) is 1. The number of hydrogen-bond donors (Lipinski definition) is 4. The van der Waals surface area contributed by atoms with Crippen LogP contribution < -0.4 is 5.32 Å². The molecule has 0 radical (unpaired) electrons. The highest BCUT2D eigenvalue weighted by atomic mass is 35.5. The molecule has 4 aromatic rings. The summed E-state index contributed by atoms with van der Waals surface area (Å²) in [4.78, 5) is 14.3. The Morgan fingerprint density at radius 1 is 1.17 bits per heavy atom. The molecule has 4 N–H and O–H groups in total. The summed E-state index contributed by atoms with van der Waals surface area (Å²) in [6.45, 7) is 2.20. The summed E-state index contributed by atoms with van der Waals surface area (Å²) >= 11 is 6.21. The van der Waals surface area contributed by atoms with E-state index in [-0.39, 0.29) is 29.4 Å². The van der Waals surface area contributed by atoms with Crippen LogP contribution in [0.1, 0.15) is 30.6 Å². The number of benzene rings is 1. The van der Waals surface area contributed by atoms with Crippen LogP contribution in [0.2, 0.25) is 5.28 Å². The van der Waals surface area contributed by atoms with E-state index in [1.54, 1.807) is 0 Å². The van der Waals surface area contributed by atoms with Gasteiger partial charge in [-0.25, -0.2) is 4.98 Å². The molecule has 1 saturated heterocycles. The minimum absolute atomic E-state index is 0.0599. The maximum Gasteiger partial charge on any atom is 0.226 e. The molecule has 0 saturated carbocycles. The molecule has 0 bridgehead atoms. The zero-order valence-electron chi connectivity index (χ0n) is 18.7. The normalized spacial score (nSPS) is 23.1. The second-order valence-corrected chi connectivity index (χ2v) is 8.48. The number of aryl methyl sites for hydroxylation is 1. The quantitative estimate of drug-likeness (QED) is 0.248. The number of rotatable bonds is 8. The number of fused-ring (bicyclic) bond motifs is 1. The first-order valence-electron chi connectivity index (χ1n) is 11.1. The summed E-state index contributed by atoms with van der Waals surface area (Å²) in [6, 6.07) is 9.36. The molecule has 14 heteroatoms. The molecule has 1 aromatic carbocycles. The summed E-state index contributed by atoms with van der Waals surface area (Å²) in [5, 5.41) is 46.4. The Morgan fingerprint density at radius 3 is 2.69 bits per heavy atom. The largest absolute Gasteiger partial charge is 0.394 e. The third-order valence-corrected chi connectivity index (χ3v) is 5.97. The van der Waals surface area contributed by atoms with Gasteiger partial charge in [0.1, 0.15) is 12.2 Å². The van der Waals surface area contributed by atoms with E-state index in [0.29, 0.717) is 24.3 Å². The van der Waals surface area contributed by atoms with Crippen LogP contribution in [0.25, 0.3) is 11.2 Å². The van der Waals surface area contributed by atoms with Crippen LogP contribution in [0, 0.1) is 0 Å². The van der Waals surface area contributed by atoms with Crippen molar-refractivity contribution < 1.29 is 20.1 Å². The van der Waals surface area contributed by atoms with Crippen LogP contribution in [0.4, 0.5) is 5.82 Å². The van der Waals surface area contributed by atoms with Gasteiger partial charge in [-0.3, -0.25) is 4.57 Å². The first kappa shape index (κ1) is 23.5. The van der Waals surface area contributed by atoms with Crippen molar-refractivity contribution in [2.45, 2.75) is 50.5 Å². The molecular formula is C21H24ClN9O4. The van der Waals surface area contributed by atoms with E-state index in [1.807, 2.05) is 37.3 Å². The number of aliphatic hydroxyl groups is 3. The Morgan fingerprint density at radius 2 is 1.97 bits per heavy atom. The highest BCUT2D eigenvalue weighted by Crippen LogP contribution is 2.39. The maximum absolute atomic E-state index is 10.7. The lowest BCUT2D eigenvalue weighted by molar-refractivity contribution is -0.0384. The van der Waals surface area contributed by atoms with Crippen molar-refractivity contribution in [2.75, 3.05) is 11.9 Å². The fraction of sp³-hybridized carbons (Fsp3) is 0.429. The average Bonchev–Trinajstić information content (AvgIpc) is 3.57. The van der Waals surface area contributed by atoms with Crippen molar-refractivity contribution in [3.63, 3.8) is 0 Å². The van der Waals surface area contributed by atoms with Gasteiger partial charge >= 0.3 is 0 Å². The Hall–Kier alpha value is -3.23. The lowest BCUT2D eigenvalue weighted by atomic mass is 10.1. The van der Waals surface area contributed by atoms with E-state index in [4.69, 9.17) is 16.3 Å². The van der Waals surface area contributed by atoms with Gasteiger partial charge in [0.05, 0.1) is 25.5 Å². The van der Waals surface area contributed by atoms with E-state index >= 15 is 0 Å². The third-order valence-electron chi connectivity index (χ3n) is 5.80. The number of nitrogens with zero attached hydrogens (tertiary/aromatic N) is 8. The number of halogens is 1. The third kappa shape index (κ3) is 4.56. The standard InChI is InChI=1S/C21H24ClN9O4/c1-2-31-28-18(27-29-31)16-14(33)15(34)20(35-16)30-10-23-13-17(25-21(22)26-19(13)30)24-12(9-32)8-11-6-4-3-5-7-11/h3-7,10,12,14-16,20,32-34H,2,8-9H2,1H3,(H,24,25,26)/t12-,14?,15?,16-,20+/m0/s1. The molecule has 1 fully saturated rings. The summed E-state index contributed by atoms with van der Waals surface area (Å²) in [6.07, 6.45) is -2.68. The maximum atomic E-state index is 10.7. The molecule has 5 atom stereocenters. The lowest BCUT2D eigenvalue weighted by Crippen LogP contribution is -2.29. The van der Waals surface area contributed by atoms with Gasteiger partial charge < -0.3 is 25.4 Å². The zero-order chi connectivity index (χ0) is 24.5. The van der Waals surface area contributed by atoms with E-state index in [2.05, 4.69) is 35.7 Å². The van der Waals surface area contributed by atoms with Gasteiger partial charge in [0, 0.05) is 0 Å². The van der Waals surface area contributed by atoms with Crippen molar-refractivity contribution in [3.05, 3.63) is 53.3 Å². The van der Waals surface area contributed by atoms with Crippen LogP contribution in [-0.2, 0) is 17.7 Å². The van der Waals surface area contributed by atoms with Crippen molar-refractivity contribution in [3.8, 4) is 0 Å². The summed E-state index contributed by atoms with van der Waals surface area (Å²) < 4.78 is 7.39. The highest BCUT2D eigenvalue weighted by molar-refractivity contribution is 6.28. The summed E-state index contributed by atoms with van der Waals surface area (Å²) in [5.41, 5.74) is 1.69. The average molecular weight is 502 g/mol. The fourth-order valence-corrected chi connectivity index (χ4v) is 4.20. The van der Waals surface area contributed by atoms with E-state index in [9.17, 15) is 15.3 Å². The van der Waals surface area contributed by atoms with Crippen molar-refractivity contribution in [1.82, 2.24) is 39.7 Å². The second kappa shape index (κ2) is 9.79. The number of tetrazole rings is 1. The van der Waals surface area contributed by atoms with Crippen LogP contribution in [0.5, 0.6) is 0 Å². The fourth-order valence-electron chi connectivity index (χ4n) is 4.04. The molecule has 0 spiro atoms. The topological polar surface area (TPSA) is 169 Å². The molecule has 5 rings (SSSR count). The molecule has 4 heterocycles. The number of ether oxygens (including phenoxy) is 1. The van der Waals surface area contributed by atoms with Crippen LogP contribution >= 0.6 is 11.6 Å². The SMILES string of the molecule is CCn1nnc([C@H]2O[C@@H](n3cnc4c(N[C@H](CO)Cc5ccccc5)nc(Cl)nc43)C(O)C2O)n1. The van der Waals surface area contributed by atoms with Crippen LogP contribution in [0.3, 0.4) is 0 Å². The first-order chi connectivity index (χ1) is 17.0. The Labute approximate surface area is 204 Å². The number of anilines is 1. The van der Waals surface area contributed by atoms with E-state index in [0.717, 1.165) is 5.56 Å². The minimum atomic E-state index is -1.32. The molecular weight excluding hydrogens is 478 g/mol. The molecule has 0 aliphatic carbocycles. The Bertz CT molecular complexity index is 1300. The molecule has 3 aromatic heterocycles. The summed E-state index contributed by atoms with van der Waals surface area (Å²) in [7, 11) is 0. The second-order valence-electron chi connectivity index (χ2n) is 8.14. The van der Waals surface area contributed by atoms with Crippen LogP contribution in [-0.4, -0.2) is 79.9 Å². The van der Waals surface area contributed by atoms with Crippen molar-refractivity contribution in [2.24, 2.45) is 0 Å². The van der Waals surface area contributed by atoms with Gasteiger partial charge in [0.2, 0.25) is 11.1 Å². The zero-order valence-corrected chi connectivity index (χ0v) is 19.4. The van der Waals surface area contributed by atoms with Crippen LogP contribution in [0.15, 0.2) is 36.7 Å². The smallest absolute Gasteiger partial charge is 0.226 e. The Kier molecular flexibility index (Phi) is 6.58. The van der Waals surface area contributed by atoms with Gasteiger partial charge in [0.15, 0.2) is 29.3 Å². The first-order valence-corrected chi connectivity index (χ1v) is 11.5. The van der Waals surface area contributed by atoms with Gasteiger partial charge in [0.25, 0.3) is 0 Å². The molecule has 2 unspecified atom stereocenters. The number of hydrogen-bond acceptors (Lipinski definition) is 11. The Balaban J connectivity index is 1.43. The number of aromatic nitrogens is 8. The molecule has 35 heavy (non-hydrogen) atoms.